The van der Waals surface area contributed by atoms with Crippen LogP contribution in [-0.2, 0) is 0 Å². The maximum atomic E-state index is 7.00. The van der Waals surface area contributed by atoms with Crippen molar-refractivity contribution < 1.29 is 5.11 Å². The summed E-state index contributed by atoms with van der Waals surface area (Å²) in [7, 11) is 1.00. The van der Waals surface area contributed by atoms with Crippen LogP contribution < -0.4 is 0 Å². The zero-order chi connectivity index (χ0) is 37.2. The van der Waals surface area contributed by atoms with E-state index in [1.165, 1.54) is 0 Å². The van der Waals surface area contributed by atoms with Crippen LogP contribution in [0.5, 0.6) is 0 Å². The second kappa shape index (κ2) is 244. The fourth-order valence-corrected chi connectivity index (χ4v) is 0. The zero-order valence-electron chi connectivity index (χ0n) is 20.5. The van der Waals surface area contributed by atoms with Crippen molar-refractivity contribution in [2.45, 2.75) is 0 Å². The van der Waals surface area contributed by atoms with Crippen molar-refractivity contribution in [1.82, 2.24) is 0 Å². The van der Waals surface area contributed by atoms with E-state index in [1.807, 2.05) is 0 Å². The Labute approximate surface area is 377 Å². The topological polar surface area (TPSA) is 20.2 Å². The zero-order valence-corrected chi connectivity index (χ0v) is 40.1. The van der Waals surface area contributed by atoms with Gasteiger partial charge in [0.2, 0.25) is 0 Å². The minimum absolute atomic E-state index is 0.194. The van der Waals surface area contributed by atoms with Gasteiger partial charge in [0, 0.05) is 7.11 Å². The Hall–Kier alpha value is 7.50. The first kappa shape index (κ1) is 91.9. The molecule has 0 amide bonds. The van der Waals surface area contributed by atoms with Gasteiger partial charge in [0.15, 0.2) is 0 Å². The lowest BCUT2D eigenvalue weighted by Crippen LogP contribution is -1.25. The number of alkyl halides is 26. The Balaban J connectivity index is -0.0000000160. The highest BCUT2D eigenvalue weighted by atomic mass is 35.6. The van der Waals surface area contributed by atoms with Gasteiger partial charge in [-0.1, -0.05) is 0 Å². The van der Waals surface area contributed by atoms with Crippen LogP contribution in [0.15, 0.2) is 0 Å². The normalized spacial score (nSPS) is 5.85. The molecular weight excluding hydrogens is 1110 g/mol. The number of aliphatic hydroxyl groups is 1. The van der Waals surface area contributed by atoms with Crippen molar-refractivity contribution >= 4 is 302 Å². The molecule has 0 aliphatic rings. The molecule has 0 aliphatic heterocycles. The SMILES string of the molecule is CO.ClCCl.ClCCl.ClCCl.ClCCl.ClCCl.ClCCl.ClCCl.ClCCl.ClCCl.ClCCl.ClCCl.ClCCl.ClCCl. The fraction of sp³-hybridized carbons (Fsp3) is 1.00. The van der Waals surface area contributed by atoms with E-state index in [2.05, 4.69) is 0 Å². The molecule has 1 N–H and O–H groups in total. The van der Waals surface area contributed by atoms with Crippen LogP contribution in [-0.4, -0.2) is 81.6 Å². The molecule has 0 radical (unpaired) electrons. The van der Waals surface area contributed by atoms with Crippen LogP contribution in [0.25, 0.3) is 0 Å². The second-order valence-electron chi connectivity index (χ2n) is 1.31. The first-order valence-corrected chi connectivity index (χ1v) is 21.3. The second-order valence-corrected chi connectivity index (χ2v) is 11.8. The van der Waals surface area contributed by atoms with Crippen LogP contribution in [0.3, 0.4) is 0 Å². The Kier molecular flexibility index (Phi) is 548. The average Bonchev–Trinajstić information content (AvgIpc) is 2.87. The van der Waals surface area contributed by atoms with Crippen LogP contribution in [0.1, 0.15) is 0 Å². The Morgan fingerprint density at radius 2 is 0.171 bits per heavy atom. The van der Waals surface area contributed by atoms with Gasteiger partial charge >= 0.3 is 0 Å². The Morgan fingerprint density at radius 3 is 0.171 bits per heavy atom. The summed E-state index contributed by atoms with van der Waals surface area (Å²) in [6.45, 7) is 0. The summed E-state index contributed by atoms with van der Waals surface area (Å²) < 4.78 is 0. The van der Waals surface area contributed by atoms with Gasteiger partial charge in [0.25, 0.3) is 0 Å². The lowest BCUT2D eigenvalue weighted by Gasteiger charge is -1.42. The lowest BCUT2D eigenvalue weighted by molar-refractivity contribution is 0.399. The lowest BCUT2D eigenvalue weighted by atomic mass is 11.8. The third-order valence-corrected chi connectivity index (χ3v) is 0. The van der Waals surface area contributed by atoms with E-state index in [9.17, 15) is 0 Å². The molecule has 0 fully saturated rings. The number of hydrogen-bond acceptors (Lipinski definition) is 1. The predicted molar refractivity (Wildman–Crippen MR) is 224 cm³/mol. The van der Waals surface area contributed by atoms with E-state index < -0.39 is 0 Å². The van der Waals surface area contributed by atoms with Crippen LogP contribution in [0.2, 0.25) is 0 Å². The molecule has 0 saturated carbocycles. The van der Waals surface area contributed by atoms with Gasteiger partial charge < -0.3 is 5.11 Å². The molecule has 0 spiro atoms. The van der Waals surface area contributed by atoms with Crippen LogP contribution >= 0.6 is 302 Å². The van der Waals surface area contributed by atoms with E-state index in [0.29, 0.717) is 0 Å². The van der Waals surface area contributed by atoms with Crippen molar-refractivity contribution in [2.75, 3.05) is 76.5 Å². The van der Waals surface area contributed by atoms with Gasteiger partial charge in [-0.2, -0.15) is 0 Å². The number of halogens is 26. The Morgan fingerprint density at radius 1 is 0.171 bits per heavy atom. The van der Waals surface area contributed by atoms with Crippen LogP contribution in [0, 0.1) is 0 Å². The molecule has 0 aromatic carbocycles. The average molecular weight is 1140 g/mol. The van der Waals surface area contributed by atoms with Gasteiger partial charge in [0.05, 0.1) is 69.4 Å². The van der Waals surface area contributed by atoms with Gasteiger partial charge in [-0.3, -0.25) is 0 Å². The van der Waals surface area contributed by atoms with Crippen molar-refractivity contribution in [1.29, 1.82) is 0 Å². The molecule has 0 aromatic heterocycles. The van der Waals surface area contributed by atoms with E-state index in [4.69, 9.17) is 307 Å². The first-order chi connectivity index (χ1) is 19.4. The van der Waals surface area contributed by atoms with E-state index in [0.717, 1.165) is 7.11 Å². The summed E-state index contributed by atoms with van der Waals surface area (Å²) in [6.07, 6.45) is 0. The summed E-state index contributed by atoms with van der Waals surface area (Å²) >= 11 is 124. The van der Waals surface area contributed by atoms with E-state index >= 15 is 0 Å². The quantitative estimate of drug-likeness (QED) is 0.240. The molecule has 1 nitrogen and oxygen atoms in total. The molecule has 0 atom stereocenters. The highest BCUT2D eigenvalue weighted by Crippen LogP contribution is 1.76. The van der Waals surface area contributed by atoms with Crippen molar-refractivity contribution in [2.24, 2.45) is 0 Å². The third-order valence-electron chi connectivity index (χ3n) is 0. The summed E-state index contributed by atoms with van der Waals surface area (Å²) in [6, 6.07) is 0. The molecule has 0 rings (SSSR count). The van der Waals surface area contributed by atoms with Gasteiger partial charge in [0.1, 0.15) is 0 Å². The molecule has 0 unspecified atom stereocenters. The fourth-order valence-electron chi connectivity index (χ4n) is 0. The molecule has 0 aliphatic carbocycles. The van der Waals surface area contributed by atoms with Crippen molar-refractivity contribution in [3.63, 3.8) is 0 Å². The van der Waals surface area contributed by atoms with Crippen LogP contribution in [0.4, 0.5) is 0 Å². The minimum Gasteiger partial charge on any atom is -0.400 e. The Bertz CT molecular complexity index is 92.3. The highest BCUT2D eigenvalue weighted by Gasteiger charge is 1.45. The summed E-state index contributed by atoms with van der Waals surface area (Å²) in [5.74, 6) is 0. The standard InChI is InChI=1S/13CH2Cl2.CH4O/c13*2-1-3;1-2/h13*1H2;2H,1H3. The summed E-state index contributed by atoms with van der Waals surface area (Å²) in [5, 5.41) is 9.53. The molecule has 0 saturated heterocycles. The van der Waals surface area contributed by atoms with E-state index in [-0.39, 0.29) is 69.4 Å². The van der Waals surface area contributed by atoms with Gasteiger partial charge in [-0.25, -0.2) is 0 Å². The van der Waals surface area contributed by atoms with Crippen molar-refractivity contribution in [3.05, 3.63) is 0 Å². The van der Waals surface area contributed by atoms with Gasteiger partial charge in [-0.15, -0.1) is 302 Å². The molecule has 0 heterocycles. The smallest absolute Gasteiger partial charge is 0.0967 e. The molecular formula is C14H30Cl26O. The van der Waals surface area contributed by atoms with E-state index in [1.54, 1.807) is 0 Å². The first-order valence-electron chi connectivity index (χ1n) is 7.40. The predicted octanol–water partition coefficient (Wildman–Crippen LogP) is 18.1. The summed E-state index contributed by atoms with van der Waals surface area (Å²) in [5.41, 5.74) is 0. The molecule has 0 aromatic rings. The minimum atomic E-state index is 0.194. The maximum Gasteiger partial charge on any atom is 0.0967 e. The monoisotopic (exact) mass is 1120 g/mol. The molecule has 274 valence electrons. The molecule has 0 bridgehead atoms. The molecule has 27 heteroatoms. The highest BCUT2D eigenvalue weighted by molar-refractivity contribution is 6.44. The molecule has 41 heavy (non-hydrogen) atoms. The number of rotatable bonds is 0. The maximum absolute atomic E-state index is 7.00. The number of hydrogen-bond donors (Lipinski definition) is 1. The number of aliphatic hydroxyl groups excluding tert-OH is 1. The largest absolute Gasteiger partial charge is 0.400 e. The third kappa shape index (κ3) is 1750. The van der Waals surface area contributed by atoms with Gasteiger partial charge in [-0.05, 0) is 0 Å². The summed E-state index contributed by atoms with van der Waals surface area (Å²) in [4.78, 5) is 0. The van der Waals surface area contributed by atoms with Crippen molar-refractivity contribution in [3.8, 4) is 0 Å².